The van der Waals surface area contributed by atoms with Crippen LogP contribution in [0.3, 0.4) is 0 Å². The van der Waals surface area contributed by atoms with E-state index < -0.39 is 5.60 Å². The number of nitrogens with one attached hydrogen (secondary N) is 1. The van der Waals surface area contributed by atoms with Gasteiger partial charge in [0.1, 0.15) is 16.9 Å². The molecule has 0 saturated carbocycles. The van der Waals surface area contributed by atoms with Crippen LogP contribution >= 0.6 is 0 Å². The van der Waals surface area contributed by atoms with Crippen LogP contribution in [-0.4, -0.2) is 42.2 Å². The van der Waals surface area contributed by atoms with Crippen molar-refractivity contribution in [2.24, 2.45) is 5.92 Å². The Balaban J connectivity index is 1.29. The summed E-state index contributed by atoms with van der Waals surface area (Å²) in [6.07, 6.45) is 0.789. The standard InChI is InChI=1S/C24H26N4O5/c1-24(2,3)33-22(30)15-11-28(12-15)23-27-20-18(32-23)7-5-16(19(20)25)26-21(29)14-4-6-17-13(10-14)8-9-31-17/h4-7,10,15H,8-9,11-12,25H2,1-3H3,(H,26,29). The molecule has 33 heavy (non-hydrogen) atoms. The zero-order valence-electron chi connectivity index (χ0n) is 18.8. The van der Waals surface area contributed by atoms with Gasteiger partial charge in [-0.1, -0.05) is 0 Å². The van der Waals surface area contributed by atoms with Gasteiger partial charge in [-0.2, -0.15) is 4.98 Å². The molecule has 1 fully saturated rings. The van der Waals surface area contributed by atoms with Crippen LogP contribution in [0.4, 0.5) is 17.4 Å². The van der Waals surface area contributed by atoms with E-state index in [2.05, 4.69) is 10.3 Å². The first-order valence-corrected chi connectivity index (χ1v) is 10.9. The van der Waals surface area contributed by atoms with Crippen LogP contribution < -0.4 is 20.7 Å². The number of carbonyl (C=O) groups is 2. The largest absolute Gasteiger partial charge is 0.493 e. The fourth-order valence-corrected chi connectivity index (χ4v) is 3.94. The SMILES string of the molecule is CC(C)(C)OC(=O)C1CN(c2nc3c(N)c(NC(=O)c4ccc5c(c4)CCO5)ccc3o2)C1. The van der Waals surface area contributed by atoms with E-state index in [-0.39, 0.29) is 17.8 Å². The summed E-state index contributed by atoms with van der Waals surface area (Å²) in [7, 11) is 0. The third-order valence-electron chi connectivity index (χ3n) is 5.68. The number of amides is 1. The van der Waals surface area contributed by atoms with Gasteiger partial charge in [-0.15, -0.1) is 0 Å². The maximum Gasteiger partial charge on any atom is 0.313 e. The van der Waals surface area contributed by atoms with Gasteiger partial charge in [0.15, 0.2) is 5.58 Å². The number of nitrogens with two attached hydrogens (primary N) is 1. The Morgan fingerprint density at radius 1 is 1.21 bits per heavy atom. The number of fused-ring (bicyclic) bond motifs is 2. The number of aromatic nitrogens is 1. The first-order valence-electron chi connectivity index (χ1n) is 10.9. The van der Waals surface area contributed by atoms with Gasteiger partial charge >= 0.3 is 5.97 Å². The molecule has 1 saturated heterocycles. The third kappa shape index (κ3) is 4.06. The number of hydrogen-bond donors (Lipinski definition) is 2. The average molecular weight is 450 g/mol. The number of ether oxygens (including phenoxy) is 2. The Labute approximate surface area is 190 Å². The van der Waals surface area contributed by atoms with Gasteiger partial charge in [-0.05, 0) is 56.7 Å². The summed E-state index contributed by atoms with van der Waals surface area (Å²) in [5, 5.41) is 2.86. The first kappa shape index (κ1) is 21.1. The van der Waals surface area contributed by atoms with Gasteiger partial charge in [0.05, 0.1) is 23.9 Å². The van der Waals surface area contributed by atoms with Gasteiger partial charge in [-0.3, -0.25) is 9.59 Å². The van der Waals surface area contributed by atoms with E-state index in [9.17, 15) is 9.59 Å². The lowest BCUT2D eigenvalue weighted by Crippen LogP contribution is -2.52. The van der Waals surface area contributed by atoms with Crippen molar-refractivity contribution in [1.82, 2.24) is 4.98 Å². The summed E-state index contributed by atoms with van der Waals surface area (Å²) in [4.78, 5) is 31.3. The molecule has 1 amide bonds. The Kier molecular flexibility index (Phi) is 4.92. The summed E-state index contributed by atoms with van der Waals surface area (Å²) in [6.45, 7) is 7.11. The number of benzene rings is 2. The van der Waals surface area contributed by atoms with Gasteiger partial charge in [0.2, 0.25) is 0 Å². The monoisotopic (exact) mass is 450 g/mol. The lowest BCUT2D eigenvalue weighted by molar-refractivity contribution is -0.160. The Bertz CT molecular complexity index is 1250. The molecule has 5 rings (SSSR count). The normalized spacial score (nSPS) is 15.7. The molecule has 1 aromatic heterocycles. The Morgan fingerprint density at radius 3 is 2.76 bits per heavy atom. The van der Waals surface area contributed by atoms with Crippen molar-refractivity contribution >= 4 is 40.4 Å². The average Bonchev–Trinajstić information content (AvgIpc) is 3.34. The quantitative estimate of drug-likeness (QED) is 0.459. The highest BCUT2D eigenvalue weighted by atomic mass is 16.6. The molecule has 2 aliphatic rings. The molecule has 3 aromatic rings. The van der Waals surface area contributed by atoms with E-state index in [1.807, 2.05) is 37.8 Å². The topological polar surface area (TPSA) is 120 Å². The molecule has 0 aliphatic carbocycles. The van der Waals surface area contributed by atoms with E-state index >= 15 is 0 Å². The van der Waals surface area contributed by atoms with E-state index in [1.165, 1.54) is 0 Å². The van der Waals surface area contributed by atoms with Crippen LogP contribution in [0, 0.1) is 5.92 Å². The van der Waals surface area contributed by atoms with Gasteiger partial charge < -0.3 is 29.8 Å². The van der Waals surface area contributed by atoms with Crippen LogP contribution in [-0.2, 0) is 16.0 Å². The van der Waals surface area contributed by atoms with Crippen molar-refractivity contribution in [3.63, 3.8) is 0 Å². The number of anilines is 3. The summed E-state index contributed by atoms with van der Waals surface area (Å²) in [6, 6.07) is 9.18. The summed E-state index contributed by atoms with van der Waals surface area (Å²) >= 11 is 0. The van der Waals surface area contributed by atoms with Crippen LogP contribution in [0.15, 0.2) is 34.7 Å². The molecule has 9 nitrogen and oxygen atoms in total. The van der Waals surface area contributed by atoms with Crippen LogP contribution in [0.25, 0.3) is 11.1 Å². The van der Waals surface area contributed by atoms with Gasteiger partial charge in [-0.25, -0.2) is 0 Å². The molecule has 0 atom stereocenters. The molecule has 172 valence electrons. The van der Waals surface area contributed by atoms with Gasteiger partial charge in [0.25, 0.3) is 11.9 Å². The fraction of sp³-hybridized carbons (Fsp3) is 0.375. The molecule has 0 radical (unpaired) electrons. The number of esters is 1. The molecule has 2 aliphatic heterocycles. The molecule has 0 spiro atoms. The zero-order valence-corrected chi connectivity index (χ0v) is 18.8. The Morgan fingerprint density at radius 2 is 2.00 bits per heavy atom. The number of carbonyl (C=O) groups excluding carboxylic acids is 2. The lowest BCUT2D eigenvalue weighted by atomic mass is 10.0. The molecule has 3 N–H and O–H groups in total. The fourth-order valence-electron chi connectivity index (χ4n) is 3.94. The van der Waals surface area contributed by atoms with E-state index in [0.29, 0.717) is 53.7 Å². The second kappa shape index (κ2) is 7.68. The number of hydrogen-bond acceptors (Lipinski definition) is 8. The van der Waals surface area contributed by atoms with E-state index in [4.69, 9.17) is 19.6 Å². The molecule has 0 unspecified atom stereocenters. The highest BCUT2D eigenvalue weighted by Crippen LogP contribution is 2.34. The van der Waals surface area contributed by atoms with Crippen LogP contribution in [0.1, 0.15) is 36.7 Å². The minimum atomic E-state index is -0.516. The van der Waals surface area contributed by atoms with Crippen molar-refractivity contribution in [3.8, 4) is 5.75 Å². The van der Waals surface area contributed by atoms with Gasteiger partial charge in [0, 0.05) is 25.1 Å². The van der Waals surface area contributed by atoms with Crippen molar-refractivity contribution < 1.29 is 23.5 Å². The number of rotatable bonds is 4. The first-order chi connectivity index (χ1) is 15.7. The summed E-state index contributed by atoms with van der Waals surface area (Å²) in [5.74, 6) is 0.117. The predicted octanol–water partition coefficient (Wildman–Crippen LogP) is 3.38. The summed E-state index contributed by atoms with van der Waals surface area (Å²) in [5.41, 5.74) is 9.10. The molecule has 0 bridgehead atoms. The smallest absolute Gasteiger partial charge is 0.313 e. The number of nitrogen functional groups attached to an aromatic ring is 1. The third-order valence-corrected chi connectivity index (χ3v) is 5.68. The maximum absolute atomic E-state index is 12.8. The van der Waals surface area contributed by atoms with Crippen molar-refractivity contribution in [2.75, 3.05) is 35.6 Å². The van der Waals surface area contributed by atoms with E-state index in [0.717, 1.165) is 17.7 Å². The minimum Gasteiger partial charge on any atom is -0.493 e. The second-order valence-electron chi connectivity index (χ2n) is 9.38. The van der Waals surface area contributed by atoms with E-state index in [1.54, 1.807) is 18.2 Å². The minimum absolute atomic E-state index is 0.218. The Hall–Kier alpha value is -3.75. The van der Waals surface area contributed by atoms with Crippen molar-refractivity contribution in [2.45, 2.75) is 32.8 Å². The molecular weight excluding hydrogens is 424 g/mol. The second-order valence-corrected chi connectivity index (χ2v) is 9.38. The highest BCUT2D eigenvalue weighted by molar-refractivity contribution is 6.08. The predicted molar refractivity (Wildman–Crippen MR) is 124 cm³/mol. The zero-order chi connectivity index (χ0) is 23.3. The maximum atomic E-state index is 12.8. The molecular formula is C24H26N4O5. The highest BCUT2D eigenvalue weighted by Gasteiger charge is 2.38. The molecule has 2 aromatic carbocycles. The van der Waals surface area contributed by atoms with Crippen LogP contribution in [0.5, 0.6) is 5.75 Å². The summed E-state index contributed by atoms with van der Waals surface area (Å²) < 4.78 is 16.8. The number of oxazole rings is 1. The lowest BCUT2D eigenvalue weighted by Gasteiger charge is -2.37. The van der Waals surface area contributed by atoms with Crippen molar-refractivity contribution in [1.29, 1.82) is 0 Å². The number of nitrogens with zero attached hydrogens (tertiary/aromatic N) is 2. The molecule has 9 heteroatoms. The molecule has 3 heterocycles. The van der Waals surface area contributed by atoms with Crippen LogP contribution in [0.2, 0.25) is 0 Å². The van der Waals surface area contributed by atoms with Crippen molar-refractivity contribution in [3.05, 3.63) is 41.5 Å².